The average Bonchev–Trinajstić information content (AvgIpc) is 3.23. The Morgan fingerprint density at radius 1 is 1.03 bits per heavy atom. The Balaban J connectivity index is 1.59. The SMILES string of the molecule is Cc1ccc(Cn2nc3c(C(F)(F)F)cccc3c2-c2ccc(N3CCCC(CO)C3)cc2)c(C)c1. The van der Waals surface area contributed by atoms with Crippen LogP contribution in [0.3, 0.4) is 0 Å². The van der Waals surface area contributed by atoms with Gasteiger partial charge in [-0.05, 0) is 61.9 Å². The molecule has 0 radical (unpaired) electrons. The number of nitrogens with zero attached hydrogens (tertiary/aromatic N) is 3. The summed E-state index contributed by atoms with van der Waals surface area (Å²) in [5.74, 6) is 0.266. The molecule has 1 saturated heterocycles. The summed E-state index contributed by atoms with van der Waals surface area (Å²) in [7, 11) is 0. The zero-order valence-electron chi connectivity index (χ0n) is 20.5. The summed E-state index contributed by atoms with van der Waals surface area (Å²) in [6, 6.07) is 18.3. The Labute approximate surface area is 209 Å². The second kappa shape index (κ2) is 9.62. The van der Waals surface area contributed by atoms with E-state index in [0.29, 0.717) is 17.6 Å². The van der Waals surface area contributed by atoms with Crippen LogP contribution in [0.25, 0.3) is 22.2 Å². The molecular weight excluding hydrogens is 463 g/mol. The summed E-state index contributed by atoms with van der Waals surface area (Å²) in [6.45, 7) is 6.32. The maximum atomic E-state index is 13.8. The van der Waals surface area contributed by atoms with Gasteiger partial charge in [-0.1, -0.05) is 48.0 Å². The molecule has 0 spiro atoms. The number of halogens is 3. The minimum atomic E-state index is -4.49. The summed E-state index contributed by atoms with van der Waals surface area (Å²) < 4.78 is 43.2. The van der Waals surface area contributed by atoms with Crippen LogP contribution in [0.15, 0.2) is 60.7 Å². The predicted molar refractivity (Wildman–Crippen MR) is 137 cm³/mol. The minimum Gasteiger partial charge on any atom is -0.396 e. The molecule has 1 N–H and O–H groups in total. The van der Waals surface area contributed by atoms with Crippen molar-refractivity contribution < 1.29 is 18.3 Å². The van der Waals surface area contributed by atoms with Gasteiger partial charge in [-0.15, -0.1) is 0 Å². The Morgan fingerprint density at radius 2 is 1.81 bits per heavy atom. The van der Waals surface area contributed by atoms with Crippen LogP contribution in [0.5, 0.6) is 0 Å². The van der Waals surface area contributed by atoms with Crippen molar-refractivity contribution in [2.75, 3.05) is 24.6 Å². The molecule has 36 heavy (non-hydrogen) atoms. The molecule has 1 unspecified atom stereocenters. The van der Waals surface area contributed by atoms with Gasteiger partial charge in [0.15, 0.2) is 0 Å². The molecule has 1 aromatic heterocycles. The van der Waals surface area contributed by atoms with Gasteiger partial charge >= 0.3 is 6.18 Å². The highest BCUT2D eigenvalue weighted by atomic mass is 19.4. The molecule has 0 bridgehead atoms. The molecule has 3 aromatic carbocycles. The third-order valence-corrected chi connectivity index (χ3v) is 7.18. The van der Waals surface area contributed by atoms with Gasteiger partial charge < -0.3 is 10.0 Å². The largest absolute Gasteiger partial charge is 0.418 e. The van der Waals surface area contributed by atoms with Crippen molar-refractivity contribution in [1.29, 1.82) is 0 Å². The van der Waals surface area contributed by atoms with E-state index in [1.165, 1.54) is 6.07 Å². The first-order chi connectivity index (χ1) is 17.2. The van der Waals surface area contributed by atoms with Gasteiger partial charge in [0.25, 0.3) is 0 Å². The Bertz CT molecular complexity index is 1380. The zero-order valence-corrected chi connectivity index (χ0v) is 20.5. The molecule has 4 aromatic rings. The number of piperidine rings is 1. The first kappa shape index (κ1) is 24.4. The molecule has 1 fully saturated rings. The van der Waals surface area contributed by atoms with E-state index in [4.69, 9.17) is 0 Å². The quantitative estimate of drug-likeness (QED) is 0.341. The number of alkyl halides is 3. The van der Waals surface area contributed by atoms with Crippen LogP contribution in [0.2, 0.25) is 0 Å². The molecule has 1 aliphatic heterocycles. The fraction of sp³-hybridized carbons (Fsp3) is 0.345. The molecule has 188 valence electrons. The van der Waals surface area contributed by atoms with Crippen LogP contribution < -0.4 is 4.90 Å². The van der Waals surface area contributed by atoms with Gasteiger partial charge in [-0.2, -0.15) is 18.3 Å². The lowest BCUT2D eigenvalue weighted by Crippen LogP contribution is -2.36. The number of hydrogen-bond acceptors (Lipinski definition) is 3. The maximum absolute atomic E-state index is 13.8. The van der Waals surface area contributed by atoms with Crippen molar-refractivity contribution in [3.63, 3.8) is 0 Å². The summed E-state index contributed by atoms with van der Waals surface area (Å²) >= 11 is 0. The smallest absolute Gasteiger partial charge is 0.396 e. The number of aliphatic hydroxyl groups excluding tert-OH is 1. The number of aliphatic hydroxyl groups is 1. The summed E-state index contributed by atoms with van der Waals surface area (Å²) in [5, 5.41) is 14.6. The van der Waals surface area contributed by atoms with E-state index in [-0.39, 0.29) is 18.0 Å². The van der Waals surface area contributed by atoms with E-state index in [1.807, 2.05) is 50.2 Å². The first-order valence-corrected chi connectivity index (χ1v) is 12.3. The van der Waals surface area contributed by atoms with E-state index in [0.717, 1.165) is 59.9 Å². The molecule has 0 saturated carbocycles. The predicted octanol–water partition coefficient (Wildman–Crippen LogP) is 6.60. The lowest BCUT2D eigenvalue weighted by atomic mass is 9.98. The van der Waals surface area contributed by atoms with E-state index in [1.54, 1.807) is 10.7 Å². The van der Waals surface area contributed by atoms with Crippen molar-refractivity contribution in [3.05, 3.63) is 82.9 Å². The van der Waals surface area contributed by atoms with Gasteiger partial charge in [-0.25, -0.2) is 0 Å². The van der Waals surface area contributed by atoms with E-state index >= 15 is 0 Å². The highest BCUT2D eigenvalue weighted by molar-refractivity contribution is 5.95. The fourth-order valence-electron chi connectivity index (χ4n) is 5.26. The van der Waals surface area contributed by atoms with Crippen LogP contribution in [-0.4, -0.2) is 34.6 Å². The summed E-state index contributed by atoms with van der Waals surface area (Å²) in [4.78, 5) is 2.26. The number of aromatic nitrogens is 2. The van der Waals surface area contributed by atoms with Crippen LogP contribution >= 0.6 is 0 Å². The molecule has 7 heteroatoms. The number of anilines is 1. The third kappa shape index (κ3) is 4.72. The van der Waals surface area contributed by atoms with Gasteiger partial charge in [0, 0.05) is 36.3 Å². The van der Waals surface area contributed by atoms with Gasteiger partial charge in [-0.3, -0.25) is 4.68 Å². The van der Waals surface area contributed by atoms with Crippen LogP contribution in [0.4, 0.5) is 18.9 Å². The van der Waals surface area contributed by atoms with Crippen molar-refractivity contribution in [3.8, 4) is 11.3 Å². The summed E-state index contributed by atoms with van der Waals surface area (Å²) in [5.41, 5.74) is 5.03. The molecule has 2 heterocycles. The highest BCUT2D eigenvalue weighted by Gasteiger charge is 2.34. The molecule has 5 rings (SSSR count). The topological polar surface area (TPSA) is 41.3 Å². The molecule has 0 aliphatic carbocycles. The average molecular weight is 494 g/mol. The molecule has 1 atom stereocenters. The van der Waals surface area contributed by atoms with Gasteiger partial charge in [0.1, 0.15) is 5.52 Å². The molecule has 1 aliphatic rings. The van der Waals surface area contributed by atoms with Crippen molar-refractivity contribution in [2.45, 2.75) is 39.4 Å². The zero-order chi connectivity index (χ0) is 25.4. The maximum Gasteiger partial charge on any atom is 0.418 e. The molecular formula is C29H30F3N3O. The number of rotatable bonds is 5. The van der Waals surface area contributed by atoms with Crippen LogP contribution in [0.1, 0.15) is 35.1 Å². The standard InChI is InChI=1S/C29H30F3N3O/c1-19-8-9-23(20(2)15-19)17-35-28(25-6-3-7-26(27(25)33-35)29(30,31)32)22-10-12-24(13-11-22)34-14-4-5-21(16-34)18-36/h3,6-13,15,21,36H,4-5,14,16-18H2,1-2H3. The number of fused-ring (bicyclic) bond motifs is 1. The molecule has 4 nitrogen and oxygen atoms in total. The van der Waals surface area contributed by atoms with Crippen LogP contribution in [0, 0.1) is 19.8 Å². The van der Waals surface area contributed by atoms with Gasteiger partial charge in [0.05, 0.1) is 17.8 Å². The van der Waals surface area contributed by atoms with Crippen molar-refractivity contribution >= 4 is 16.6 Å². The highest BCUT2D eigenvalue weighted by Crippen LogP contribution is 2.38. The second-order valence-corrected chi connectivity index (χ2v) is 9.82. The first-order valence-electron chi connectivity index (χ1n) is 12.3. The number of hydrogen-bond donors (Lipinski definition) is 1. The normalized spacial score (nSPS) is 16.6. The molecule has 0 amide bonds. The van der Waals surface area contributed by atoms with E-state index in [2.05, 4.69) is 16.1 Å². The van der Waals surface area contributed by atoms with E-state index in [9.17, 15) is 18.3 Å². The Morgan fingerprint density at radius 3 is 2.50 bits per heavy atom. The number of benzene rings is 3. The lowest BCUT2D eigenvalue weighted by molar-refractivity contribution is -0.136. The fourth-order valence-corrected chi connectivity index (χ4v) is 5.26. The monoisotopic (exact) mass is 493 g/mol. The Kier molecular flexibility index (Phi) is 6.51. The third-order valence-electron chi connectivity index (χ3n) is 7.18. The Hall–Kier alpha value is -3.32. The van der Waals surface area contributed by atoms with Crippen molar-refractivity contribution in [1.82, 2.24) is 9.78 Å². The lowest BCUT2D eigenvalue weighted by Gasteiger charge is -2.33. The minimum absolute atomic E-state index is 0.0318. The van der Waals surface area contributed by atoms with Crippen molar-refractivity contribution in [2.24, 2.45) is 5.92 Å². The van der Waals surface area contributed by atoms with Crippen LogP contribution in [-0.2, 0) is 12.7 Å². The van der Waals surface area contributed by atoms with E-state index < -0.39 is 11.7 Å². The summed E-state index contributed by atoms with van der Waals surface area (Å²) in [6.07, 6.45) is -2.44. The second-order valence-electron chi connectivity index (χ2n) is 9.82. The van der Waals surface area contributed by atoms with Gasteiger partial charge in [0.2, 0.25) is 0 Å². The number of aryl methyl sites for hydroxylation is 2.